The third-order valence-electron chi connectivity index (χ3n) is 1.00. The number of nitrogens with zero attached hydrogens (tertiary/aromatic N) is 2. The summed E-state index contributed by atoms with van der Waals surface area (Å²) in [5.41, 5.74) is 0. The molecule has 0 unspecified atom stereocenters. The van der Waals surface area contributed by atoms with E-state index in [2.05, 4.69) is 10.2 Å². The van der Waals surface area contributed by atoms with E-state index in [0.29, 0.717) is 5.22 Å². The lowest BCUT2D eigenvalue weighted by Crippen LogP contribution is -1.86. The zero-order valence-electron chi connectivity index (χ0n) is 6.41. The van der Waals surface area contributed by atoms with Gasteiger partial charge in [0.25, 0.3) is 5.22 Å². The van der Waals surface area contributed by atoms with Gasteiger partial charge in [-0.05, 0) is 18.0 Å². The van der Waals surface area contributed by atoms with Gasteiger partial charge in [0, 0.05) is 5.75 Å². The molecule has 4 nitrogen and oxygen atoms in total. The molecule has 0 amide bonds. The highest BCUT2D eigenvalue weighted by Crippen LogP contribution is 2.17. The molecule has 0 fully saturated rings. The second-order valence-electron chi connectivity index (χ2n) is 2.00. The Bertz CT molecular complexity index is 276. The molecule has 1 aromatic heterocycles. The van der Waals surface area contributed by atoms with E-state index in [0.717, 1.165) is 12.2 Å². The van der Waals surface area contributed by atoms with Gasteiger partial charge in [-0.15, -0.1) is 10.2 Å². The van der Waals surface area contributed by atoms with Gasteiger partial charge < -0.3 is 4.42 Å². The number of halogens is 1. The van der Waals surface area contributed by atoms with Crippen molar-refractivity contribution >= 4 is 28.6 Å². The molecule has 0 atom stereocenters. The van der Waals surface area contributed by atoms with Gasteiger partial charge in [-0.1, -0.05) is 18.7 Å². The van der Waals surface area contributed by atoms with Crippen LogP contribution in [0.15, 0.2) is 9.64 Å². The van der Waals surface area contributed by atoms with Gasteiger partial charge in [0.1, 0.15) is 0 Å². The second-order valence-corrected chi connectivity index (χ2v) is 3.38. The Morgan fingerprint density at radius 3 is 2.92 bits per heavy atom. The molecule has 6 heteroatoms. The van der Waals surface area contributed by atoms with E-state index in [1.54, 1.807) is 0 Å². The molecule has 0 aliphatic rings. The Morgan fingerprint density at radius 2 is 2.42 bits per heavy atom. The van der Waals surface area contributed by atoms with E-state index in [-0.39, 0.29) is 5.89 Å². The molecule has 0 aliphatic heterocycles. The molecule has 12 heavy (non-hydrogen) atoms. The zero-order chi connectivity index (χ0) is 8.97. The number of thioether (sulfide) groups is 1. The van der Waals surface area contributed by atoms with Crippen molar-refractivity contribution in [3.05, 3.63) is 5.89 Å². The first-order valence-corrected chi connectivity index (χ1v) is 4.76. The summed E-state index contributed by atoms with van der Waals surface area (Å²) in [4.78, 5) is 10.5. The average Bonchev–Trinajstić information content (AvgIpc) is 2.48. The summed E-state index contributed by atoms with van der Waals surface area (Å²) in [5, 5.41) is 6.74. The topological polar surface area (TPSA) is 56.0 Å². The molecule has 0 bridgehead atoms. The van der Waals surface area contributed by atoms with Crippen LogP contribution >= 0.6 is 23.4 Å². The summed E-state index contributed by atoms with van der Waals surface area (Å²) in [6.07, 6.45) is 1.01. The number of carbonyl (C=O) groups is 1. The predicted molar refractivity (Wildman–Crippen MR) is 45.5 cm³/mol. The van der Waals surface area contributed by atoms with Crippen LogP contribution in [0.4, 0.5) is 0 Å². The van der Waals surface area contributed by atoms with E-state index in [1.165, 1.54) is 11.8 Å². The third kappa shape index (κ3) is 2.49. The maximum absolute atomic E-state index is 10.5. The van der Waals surface area contributed by atoms with Crippen molar-refractivity contribution in [3.8, 4) is 0 Å². The molecular weight excluding hydrogens is 200 g/mol. The van der Waals surface area contributed by atoms with Crippen LogP contribution in [0.1, 0.15) is 24.0 Å². The van der Waals surface area contributed by atoms with Crippen molar-refractivity contribution in [2.75, 3.05) is 5.75 Å². The van der Waals surface area contributed by atoms with E-state index < -0.39 is 5.24 Å². The molecular formula is C6H7ClN2O2S. The molecule has 0 radical (unpaired) electrons. The first-order valence-electron chi connectivity index (χ1n) is 3.40. The highest BCUT2D eigenvalue weighted by atomic mass is 35.5. The van der Waals surface area contributed by atoms with Crippen LogP contribution in [0, 0.1) is 0 Å². The lowest BCUT2D eigenvalue weighted by molar-refractivity contribution is 0.104. The Labute approximate surface area is 78.7 Å². The fourth-order valence-electron chi connectivity index (χ4n) is 0.537. The van der Waals surface area contributed by atoms with Crippen molar-refractivity contribution in [2.45, 2.75) is 18.6 Å². The zero-order valence-corrected chi connectivity index (χ0v) is 7.98. The molecule has 0 saturated carbocycles. The summed E-state index contributed by atoms with van der Waals surface area (Å²) in [7, 11) is 0. The fraction of sp³-hybridized carbons (Fsp3) is 0.500. The van der Waals surface area contributed by atoms with Crippen molar-refractivity contribution in [1.29, 1.82) is 0 Å². The summed E-state index contributed by atoms with van der Waals surface area (Å²) >= 11 is 6.51. The summed E-state index contributed by atoms with van der Waals surface area (Å²) in [6, 6.07) is 0. The maximum Gasteiger partial charge on any atom is 0.309 e. The minimum atomic E-state index is -0.717. The number of hydrogen-bond donors (Lipinski definition) is 0. The van der Waals surface area contributed by atoms with E-state index in [9.17, 15) is 4.79 Å². The summed E-state index contributed by atoms with van der Waals surface area (Å²) < 4.78 is 4.91. The third-order valence-corrected chi connectivity index (χ3v) is 2.19. The molecule has 0 aromatic carbocycles. The summed E-state index contributed by atoms with van der Waals surface area (Å²) in [5.74, 6) is 0.744. The minimum Gasteiger partial charge on any atom is -0.408 e. The van der Waals surface area contributed by atoms with E-state index in [4.69, 9.17) is 16.0 Å². The van der Waals surface area contributed by atoms with Crippen molar-refractivity contribution in [3.63, 3.8) is 0 Å². The van der Waals surface area contributed by atoms with Gasteiger partial charge in [-0.3, -0.25) is 4.79 Å². The van der Waals surface area contributed by atoms with Gasteiger partial charge in [-0.2, -0.15) is 0 Å². The Balaban J connectivity index is 2.58. The Morgan fingerprint density at radius 1 is 1.67 bits per heavy atom. The van der Waals surface area contributed by atoms with Gasteiger partial charge >= 0.3 is 11.1 Å². The first-order chi connectivity index (χ1) is 5.74. The normalized spacial score (nSPS) is 10.2. The Hall–Kier alpha value is -0.550. The minimum absolute atomic E-state index is 0.143. The highest BCUT2D eigenvalue weighted by Gasteiger charge is 2.11. The second kappa shape index (κ2) is 4.47. The largest absolute Gasteiger partial charge is 0.408 e. The van der Waals surface area contributed by atoms with Gasteiger partial charge in [0.2, 0.25) is 0 Å². The van der Waals surface area contributed by atoms with E-state index >= 15 is 0 Å². The average molecular weight is 207 g/mol. The predicted octanol–water partition coefficient (Wildman–Crippen LogP) is 1.95. The van der Waals surface area contributed by atoms with Crippen molar-refractivity contribution in [2.24, 2.45) is 0 Å². The van der Waals surface area contributed by atoms with Crippen molar-refractivity contribution < 1.29 is 9.21 Å². The molecule has 0 spiro atoms. The van der Waals surface area contributed by atoms with Crippen LogP contribution in [-0.4, -0.2) is 21.2 Å². The molecule has 66 valence electrons. The standard InChI is InChI=1S/C6H7ClN2O2S/c1-2-3-12-6-9-8-5(11-6)4(7)10/h2-3H2,1H3. The van der Waals surface area contributed by atoms with Crippen LogP contribution in [0.5, 0.6) is 0 Å². The number of carbonyl (C=O) groups excluding carboxylic acids is 1. The first kappa shape index (κ1) is 9.54. The van der Waals surface area contributed by atoms with Crippen LogP contribution < -0.4 is 0 Å². The highest BCUT2D eigenvalue weighted by molar-refractivity contribution is 7.99. The van der Waals surface area contributed by atoms with Gasteiger partial charge in [-0.25, -0.2) is 0 Å². The number of rotatable bonds is 4. The lowest BCUT2D eigenvalue weighted by atomic mass is 10.6. The molecule has 1 heterocycles. The lowest BCUT2D eigenvalue weighted by Gasteiger charge is -1.88. The van der Waals surface area contributed by atoms with Crippen LogP contribution in [0.2, 0.25) is 0 Å². The maximum atomic E-state index is 10.5. The van der Waals surface area contributed by atoms with Gasteiger partial charge in [0.05, 0.1) is 0 Å². The number of hydrogen-bond acceptors (Lipinski definition) is 5. The molecule has 0 aliphatic carbocycles. The van der Waals surface area contributed by atoms with Crippen LogP contribution in [0.25, 0.3) is 0 Å². The quantitative estimate of drug-likeness (QED) is 0.557. The van der Waals surface area contributed by atoms with Crippen LogP contribution in [-0.2, 0) is 0 Å². The fourth-order valence-corrected chi connectivity index (χ4v) is 1.23. The van der Waals surface area contributed by atoms with E-state index in [1.807, 2.05) is 6.92 Å². The monoisotopic (exact) mass is 206 g/mol. The smallest absolute Gasteiger partial charge is 0.309 e. The molecule has 1 rings (SSSR count). The van der Waals surface area contributed by atoms with Crippen molar-refractivity contribution in [1.82, 2.24) is 10.2 Å². The van der Waals surface area contributed by atoms with Gasteiger partial charge in [0.15, 0.2) is 0 Å². The Kier molecular flexibility index (Phi) is 3.55. The molecule has 1 aromatic rings. The van der Waals surface area contributed by atoms with Crippen LogP contribution in [0.3, 0.4) is 0 Å². The molecule has 0 saturated heterocycles. The summed E-state index contributed by atoms with van der Waals surface area (Å²) in [6.45, 7) is 2.04. The number of aromatic nitrogens is 2. The molecule has 0 N–H and O–H groups in total. The SMILES string of the molecule is CCCSc1nnc(C(=O)Cl)o1.